The summed E-state index contributed by atoms with van der Waals surface area (Å²) in [4.78, 5) is 12.0. The summed E-state index contributed by atoms with van der Waals surface area (Å²) in [5, 5.41) is 12.0. The predicted molar refractivity (Wildman–Crippen MR) is 79.8 cm³/mol. The van der Waals surface area contributed by atoms with Crippen molar-refractivity contribution in [2.24, 2.45) is 0 Å². The van der Waals surface area contributed by atoms with Crippen molar-refractivity contribution in [3.8, 4) is 11.8 Å². The molecule has 2 aromatic rings. The van der Waals surface area contributed by atoms with E-state index in [-0.39, 0.29) is 12.5 Å². The van der Waals surface area contributed by atoms with E-state index in [9.17, 15) is 4.79 Å². The average Bonchev–Trinajstić information content (AvgIpc) is 2.46. The Labute approximate surface area is 122 Å². The molecule has 2 aromatic carbocycles. The molecule has 0 heterocycles. The number of anilines is 1. The maximum absolute atomic E-state index is 12.0. The Morgan fingerprint density at radius 2 is 1.95 bits per heavy atom. The Morgan fingerprint density at radius 3 is 2.65 bits per heavy atom. The highest BCUT2D eigenvalue weighted by Gasteiger charge is 2.05. The van der Waals surface area contributed by atoms with Gasteiger partial charge in [-0.2, -0.15) is 0 Å². The summed E-state index contributed by atoms with van der Waals surface area (Å²) in [5.74, 6) is 5.13. The molecule has 20 heavy (non-hydrogen) atoms. The molecule has 0 fully saturated rings. The minimum Gasteiger partial charge on any atom is -0.384 e. The van der Waals surface area contributed by atoms with Crippen LogP contribution in [0, 0.1) is 11.8 Å². The topological polar surface area (TPSA) is 49.3 Å². The zero-order valence-electron chi connectivity index (χ0n) is 10.6. The summed E-state index contributed by atoms with van der Waals surface area (Å²) in [7, 11) is 0. The number of nitrogens with one attached hydrogen (secondary N) is 1. The van der Waals surface area contributed by atoms with Gasteiger partial charge in [0.1, 0.15) is 6.61 Å². The van der Waals surface area contributed by atoms with Gasteiger partial charge in [0.25, 0.3) is 5.91 Å². The molecule has 0 unspecified atom stereocenters. The van der Waals surface area contributed by atoms with Crippen LogP contribution in [0.25, 0.3) is 0 Å². The van der Waals surface area contributed by atoms with Gasteiger partial charge < -0.3 is 10.4 Å². The first-order valence-corrected chi connectivity index (χ1v) is 6.33. The SMILES string of the molecule is O=C(Nc1cccc(C#CCO)c1)c1ccc(Cl)cc1. The molecule has 0 bridgehead atoms. The zero-order valence-corrected chi connectivity index (χ0v) is 11.3. The van der Waals surface area contributed by atoms with Crippen LogP contribution >= 0.6 is 11.6 Å². The van der Waals surface area contributed by atoms with Gasteiger partial charge in [0, 0.05) is 21.8 Å². The fourth-order valence-corrected chi connectivity index (χ4v) is 1.75. The first-order valence-electron chi connectivity index (χ1n) is 5.96. The second-order valence-corrected chi connectivity index (χ2v) is 4.44. The van der Waals surface area contributed by atoms with Crippen molar-refractivity contribution in [2.75, 3.05) is 11.9 Å². The smallest absolute Gasteiger partial charge is 0.255 e. The van der Waals surface area contributed by atoms with E-state index in [2.05, 4.69) is 17.2 Å². The van der Waals surface area contributed by atoms with Crippen LogP contribution in [0.1, 0.15) is 15.9 Å². The van der Waals surface area contributed by atoms with Crippen LogP contribution in [-0.4, -0.2) is 17.6 Å². The molecule has 1 amide bonds. The lowest BCUT2D eigenvalue weighted by atomic mass is 10.2. The molecule has 3 nitrogen and oxygen atoms in total. The van der Waals surface area contributed by atoms with Gasteiger partial charge in [-0.25, -0.2) is 0 Å². The van der Waals surface area contributed by atoms with Crippen molar-refractivity contribution in [3.05, 3.63) is 64.7 Å². The summed E-state index contributed by atoms with van der Waals surface area (Å²) in [6, 6.07) is 13.8. The second kappa shape index (κ2) is 6.76. The van der Waals surface area contributed by atoms with Crippen molar-refractivity contribution < 1.29 is 9.90 Å². The Hall–Kier alpha value is -2.28. The molecule has 0 atom stereocenters. The predicted octanol–water partition coefficient (Wildman–Crippen LogP) is 2.94. The fourth-order valence-electron chi connectivity index (χ4n) is 1.62. The molecular formula is C16H12ClNO2. The highest BCUT2D eigenvalue weighted by molar-refractivity contribution is 6.30. The van der Waals surface area contributed by atoms with Crippen LogP contribution in [0.2, 0.25) is 5.02 Å². The number of benzene rings is 2. The average molecular weight is 286 g/mol. The number of hydrogen-bond acceptors (Lipinski definition) is 2. The maximum Gasteiger partial charge on any atom is 0.255 e. The van der Waals surface area contributed by atoms with E-state index in [1.165, 1.54) is 0 Å². The number of halogens is 1. The van der Waals surface area contributed by atoms with E-state index in [1.54, 1.807) is 48.5 Å². The van der Waals surface area contributed by atoms with Crippen molar-refractivity contribution >= 4 is 23.2 Å². The number of rotatable bonds is 2. The summed E-state index contributed by atoms with van der Waals surface area (Å²) in [6.07, 6.45) is 0. The monoisotopic (exact) mass is 285 g/mol. The van der Waals surface area contributed by atoms with Crippen molar-refractivity contribution in [1.29, 1.82) is 0 Å². The minimum atomic E-state index is -0.214. The Balaban J connectivity index is 2.13. The molecule has 2 N–H and O–H groups in total. The van der Waals surface area contributed by atoms with Crippen LogP contribution in [0.3, 0.4) is 0 Å². The standard InChI is InChI=1S/C16H12ClNO2/c17-14-8-6-13(7-9-14)16(20)18-15-5-1-3-12(11-15)4-2-10-19/h1,3,5-9,11,19H,10H2,(H,18,20). The van der Waals surface area contributed by atoms with Crippen molar-refractivity contribution in [1.82, 2.24) is 0 Å². The van der Waals surface area contributed by atoms with Crippen molar-refractivity contribution in [3.63, 3.8) is 0 Å². The third-order valence-electron chi connectivity index (χ3n) is 2.54. The quantitative estimate of drug-likeness (QED) is 0.834. The molecule has 100 valence electrons. The molecule has 0 spiro atoms. The minimum absolute atomic E-state index is 0.193. The van der Waals surface area contributed by atoms with Crippen LogP contribution in [0.4, 0.5) is 5.69 Å². The highest BCUT2D eigenvalue weighted by Crippen LogP contribution is 2.13. The lowest BCUT2D eigenvalue weighted by Crippen LogP contribution is -2.11. The summed E-state index contributed by atoms with van der Waals surface area (Å²) < 4.78 is 0. The lowest BCUT2D eigenvalue weighted by molar-refractivity contribution is 0.102. The molecule has 0 aliphatic heterocycles. The van der Waals surface area contributed by atoms with Crippen LogP contribution in [-0.2, 0) is 0 Å². The van der Waals surface area contributed by atoms with Gasteiger partial charge in [-0.1, -0.05) is 29.5 Å². The molecular weight excluding hydrogens is 274 g/mol. The molecule has 4 heteroatoms. The highest BCUT2D eigenvalue weighted by atomic mass is 35.5. The third kappa shape index (κ3) is 3.86. The van der Waals surface area contributed by atoms with Gasteiger partial charge in [-0.15, -0.1) is 0 Å². The van der Waals surface area contributed by atoms with Gasteiger partial charge in [0.05, 0.1) is 0 Å². The number of amides is 1. The fraction of sp³-hybridized carbons (Fsp3) is 0.0625. The number of aliphatic hydroxyl groups excluding tert-OH is 1. The van der Waals surface area contributed by atoms with E-state index < -0.39 is 0 Å². The zero-order chi connectivity index (χ0) is 14.4. The summed E-state index contributed by atoms with van der Waals surface area (Å²) in [5.41, 5.74) is 1.91. The number of aliphatic hydroxyl groups is 1. The van der Waals surface area contributed by atoms with E-state index in [0.29, 0.717) is 16.3 Å². The summed E-state index contributed by atoms with van der Waals surface area (Å²) >= 11 is 5.78. The molecule has 0 saturated heterocycles. The van der Waals surface area contributed by atoms with Gasteiger partial charge in [0.2, 0.25) is 0 Å². The van der Waals surface area contributed by atoms with E-state index in [0.717, 1.165) is 5.56 Å². The van der Waals surface area contributed by atoms with Crippen LogP contribution in [0.15, 0.2) is 48.5 Å². The first kappa shape index (κ1) is 14.1. The maximum atomic E-state index is 12.0. The van der Waals surface area contributed by atoms with Crippen LogP contribution < -0.4 is 5.32 Å². The Morgan fingerprint density at radius 1 is 1.20 bits per heavy atom. The summed E-state index contributed by atoms with van der Waals surface area (Å²) in [6.45, 7) is -0.193. The largest absolute Gasteiger partial charge is 0.384 e. The first-order chi connectivity index (χ1) is 9.69. The van der Waals surface area contributed by atoms with Crippen LogP contribution in [0.5, 0.6) is 0 Å². The normalized spacial score (nSPS) is 9.50. The molecule has 0 radical (unpaired) electrons. The molecule has 2 rings (SSSR count). The van der Waals surface area contributed by atoms with E-state index in [4.69, 9.17) is 16.7 Å². The Bertz CT molecular complexity index is 669. The van der Waals surface area contributed by atoms with Gasteiger partial charge in [-0.3, -0.25) is 4.79 Å². The molecule has 0 aliphatic carbocycles. The second-order valence-electron chi connectivity index (χ2n) is 4.00. The van der Waals surface area contributed by atoms with E-state index in [1.807, 2.05) is 0 Å². The Kier molecular flexibility index (Phi) is 4.78. The molecule has 0 aromatic heterocycles. The van der Waals surface area contributed by atoms with Gasteiger partial charge >= 0.3 is 0 Å². The van der Waals surface area contributed by atoms with E-state index >= 15 is 0 Å². The lowest BCUT2D eigenvalue weighted by Gasteiger charge is -2.05. The molecule has 0 aliphatic rings. The third-order valence-corrected chi connectivity index (χ3v) is 2.79. The number of carbonyl (C=O) groups excluding carboxylic acids is 1. The van der Waals surface area contributed by atoms with Gasteiger partial charge in [0.15, 0.2) is 0 Å². The number of hydrogen-bond donors (Lipinski definition) is 2. The van der Waals surface area contributed by atoms with Crippen molar-refractivity contribution in [2.45, 2.75) is 0 Å². The number of carbonyl (C=O) groups is 1. The van der Waals surface area contributed by atoms with Gasteiger partial charge in [-0.05, 0) is 42.5 Å². The molecule has 0 saturated carbocycles.